The number of carbonyl (C=O) groups is 1. The maximum atomic E-state index is 12.8. The van der Waals surface area contributed by atoms with Crippen LogP contribution in [0.1, 0.15) is 24.8 Å². The highest BCUT2D eigenvalue weighted by molar-refractivity contribution is 5.78. The number of piperidine rings is 2. The first-order chi connectivity index (χ1) is 14.1. The van der Waals surface area contributed by atoms with E-state index in [1.807, 2.05) is 18.1 Å². The van der Waals surface area contributed by atoms with Crippen molar-refractivity contribution in [3.63, 3.8) is 0 Å². The Balaban J connectivity index is 1.39. The van der Waals surface area contributed by atoms with Gasteiger partial charge in [-0.15, -0.1) is 0 Å². The summed E-state index contributed by atoms with van der Waals surface area (Å²) in [6.07, 6.45) is 7.74. The lowest BCUT2D eigenvalue weighted by atomic mass is 9.89. The highest BCUT2D eigenvalue weighted by atomic mass is 16.5. The van der Waals surface area contributed by atoms with Crippen LogP contribution in [0.15, 0.2) is 18.6 Å². The molecule has 0 aromatic carbocycles. The van der Waals surface area contributed by atoms with Crippen molar-refractivity contribution in [2.45, 2.75) is 31.3 Å². The number of hydrogen-bond donors (Lipinski definition) is 0. The Labute approximate surface area is 168 Å². The fourth-order valence-corrected chi connectivity index (χ4v) is 4.51. The van der Waals surface area contributed by atoms with Gasteiger partial charge in [-0.05, 0) is 12.8 Å². The second kappa shape index (κ2) is 7.12. The third-order valence-electron chi connectivity index (χ3n) is 6.14. The van der Waals surface area contributed by atoms with Gasteiger partial charge in [0, 0.05) is 50.8 Å². The minimum atomic E-state index is 0.164. The maximum Gasteiger partial charge on any atom is 0.223 e. The summed E-state index contributed by atoms with van der Waals surface area (Å²) in [5.41, 5.74) is 1.29. The van der Waals surface area contributed by atoms with E-state index in [1.165, 1.54) is 0 Å². The second-order valence-electron chi connectivity index (χ2n) is 8.14. The van der Waals surface area contributed by atoms with Gasteiger partial charge in [-0.3, -0.25) is 9.48 Å². The molecular weight excluding hydrogens is 370 g/mol. The summed E-state index contributed by atoms with van der Waals surface area (Å²) in [5, 5.41) is 13.8. The van der Waals surface area contributed by atoms with Gasteiger partial charge in [-0.2, -0.15) is 10.4 Å². The van der Waals surface area contributed by atoms with Crippen molar-refractivity contribution in [2.75, 3.05) is 31.2 Å². The smallest absolute Gasteiger partial charge is 0.223 e. The van der Waals surface area contributed by atoms with Crippen molar-refractivity contribution >= 4 is 11.7 Å². The van der Waals surface area contributed by atoms with Crippen LogP contribution < -0.4 is 4.90 Å². The molecule has 2 bridgehead atoms. The van der Waals surface area contributed by atoms with E-state index in [9.17, 15) is 10.1 Å². The van der Waals surface area contributed by atoms with Crippen molar-refractivity contribution in [3.05, 3.63) is 24.2 Å². The SMILES string of the molecule is Cn1cc(-c2ncc(C#N)c(N3C[C@@H]4CC[C@H]3CN4C(=O)CC3COC3)n2)cn1. The van der Waals surface area contributed by atoms with Gasteiger partial charge in [0.1, 0.15) is 11.6 Å². The topological polar surface area (TPSA) is 100 Å². The lowest BCUT2D eigenvalue weighted by Crippen LogP contribution is -2.64. The lowest BCUT2D eigenvalue weighted by Gasteiger charge is -2.52. The molecule has 2 atom stereocenters. The first kappa shape index (κ1) is 18.1. The summed E-state index contributed by atoms with van der Waals surface area (Å²) in [5.74, 6) is 1.82. The lowest BCUT2D eigenvalue weighted by molar-refractivity contribution is -0.141. The van der Waals surface area contributed by atoms with Gasteiger partial charge in [0.05, 0.1) is 31.2 Å². The first-order valence-corrected chi connectivity index (χ1v) is 10.0. The van der Waals surface area contributed by atoms with Crippen molar-refractivity contribution in [1.29, 1.82) is 5.26 Å². The number of fused-ring (bicyclic) bond motifs is 3. The van der Waals surface area contributed by atoms with Gasteiger partial charge in [0.25, 0.3) is 0 Å². The van der Waals surface area contributed by atoms with Crippen LogP contribution >= 0.6 is 0 Å². The molecule has 9 heteroatoms. The highest BCUT2D eigenvalue weighted by Gasteiger charge is 2.42. The number of piperazine rings is 1. The zero-order valence-corrected chi connectivity index (χ0v) is 16.4. The van der Waals surface area contributed by atoms with E-state index in [1.54, 1.807) is 17.1 Å². The minimum Gasteiger partial charge on any atom is -0.381 e. The van der Waals surface area contributed by atoms with Gasteiger partial charge in [0.2, 0.25) is 5.91 Å². The average Bonchev–Trinajstić information content (AvgIpc) is 3.16. The molecule has 0 radical (unpaired) electrons. The molecule has 0 saturated carbocycles. The van der Waals surface area contributed by atoms with E-state index in [0.717, 1.165) is 18.4 Å². The second-order valence-corrected chi connectivity index (χ2v) is 8.14. The standard InChI is InChI=1S/C20H23N7O2/c1-25-8-15(7-23-25)19-22-6-14(5-21)20(24-19)27-10-16-2-3-17(27)9-26(16)18(28)4-13-11-29-12-13/h6-8,13,16-17H,2-4,9-12H2,1H3/t16-,17-/m0/s1. The Bertz CT molecular complexity index is 977. The number of aromatic nitrogens is 4. The van der Waals surface area contributed by atoms with Gasteiger partial charge in [-0.25, -0.2) is 9.97 Å². The number of carbonyl (C=O) groups excluding carboxylic acids is 1. The van der Waals surface area contributed by atoms with E-state index < -0.39 is 0 Å². The minimum absolute atomic E-state index is 0.164. The highest BCUT2D eigenvalue weighted by Crippen LogP contribution is 2.35. The molecule has 1 amide bonds. The molecule has 0 spiro atoms. The van der Waals surface area contributed by atoms with Gasteiger partial charge in [0.15, 0.2) is 11.6 Å². The van der Waals surface area contributed by atoms with Crippen LogP contribution in [-0.2, 0) is 16.6 Å². The van der Waals surface area contributed by atoms with Crippen LogP contribution in [-0.4, -0.2) is 68.9 Å². The third-order valence-corrected chi connectivity index (χ3v) is 6.14. The fourth-order valence-electron chi connectivity index (χ4n) is 4.51. The third kappa shape index (κ3) is 3.23. The molecule has 150 valence electrons. The van der Waals surface area contributed by atoms with Gasteiger partial charge >= 0.3 is 0 Å². The summed E-state index contributed by atoms with van der Waals surface area (Å²) in [6, 6.07) is 2.56. The molecule has 4 aliphatic heterocycles. The summed E-state index contributed by atoms with van der Waals surface area (Å²) in [7, 11) is 1.85. The summed E-state index contributed by atoms with van der Waals surface area (Å²) >= 11 is 0. The number of nitrogens with zero attached hydrogens (tertiary/aromatic N) is 7. The summed E-state index contributed by atoms with van der Waals surface area (Å²) in [4.78, 5) is 26.1. The van der Waals surface area contributed by atoms with E-state index in [4.69, 9.17) is 9.72 Å². The van der Waals surface area contributed by atoms with Crippen LogP contribution in [0.2, 0.25) is 0 Å². The van der Waals surface area contributed by atoms with E-state index in [0.29, 0.717) is 55.8 Å². The predicted molar refractivity (Wildman–Crippen MR) is 104 cm³/mol. The average molecular weight is 393 g/mol. The Morgan fingerprint density at radius 1 is 1.28 bits per heavy atom. The largest absolute Gasteiger partial charge is 0.381 e. The van der Waals surface area contributed by atoms with E-state index >= 15 is 0 Å². The molecule has 2 aromatic rings. The van der Waals surface area contributed by atoms with E-state index in [-0.39, 0.29) is 18.0 Å². The van der Waals surface area contributed by atoms with Crippen molar-refractivity contribution < 1.29 is 9.53 Å². The molecule has 2 aromatic heterocycles. The Morgan fingerprint density at radius 2 is 2.10 bits per heavy atom. The quantitative estimate of drug-likeness (QED) is 0.763. The van der Waals surface area contributed by atoms with Gasteiger partial charge in [-0.1, -0.05) is 0 Å². The number of rotatable bonds is 4. The Kier molecular flexibility index (Phi) is 4.43. The summed E-state index contributed by atoms with van der Waals surface area (Å²) in [6.45, 7) is 2.79. The Morgan fingerprint density at radius 3 is 2.72 bits per heavy atom. The van der Waals surface area contributed by atoms with Gasteiger partial charge < -0.3 is 14.5 Å². The molecule has 4 fully saturated rings. The van der Waals surface area contributed by atoms with Crippen LogP contribution in [0.3, 0.4) is 0 Å². The number of aryl methyl sites for hydroxylation is 1. The molecule has 6 rings (SSSR count). The zero-order chi connectivity index (χ0) is 20.0. The van der Waals surface area contributed by atoms with Crippen molar-refractivity contribution in [3.8, 4) is 17.5 Å². The number of amides is 1. The van der Waals surface area contributed by atoms with Crippen LogP contribution in [0.5, 0.6) is 0 Å². The molecule has 0 unspecified atom stereocenters. The zero-order valence-electron chi connectivity index (χ0n) is 16.4. The molecule has 6 heterocycles. The number of nitriles is 1. The molecule has 4 aliphatic rings. The van der Waals surface area contributed by atoms with Crippen molar-refractivity contribution in [1.82, 2.24) is 24.6 Å². The maximum absolute atomic E-state index is 12.8. The van der Waals surface area contributed by atoms with Crippen molar-refractivity contribution in [2.24, 2.45) is 13.0 Å². The number of anilines is 1. The molecule has 0 aliphatic carbocycles. The number of hydrogen-bond acceptors (Lipinski definition) is 7. The normalized spacial score (nSPS) is 23.7. The van der Waals surface area contributed by atoms with Crippen LogP contribution in [0.4, 0.5) is 5.82 Å². The fraction of sp³-hybridized carbons (Fsp3) is 0.550. The Hall–Kier alpha value is -2.99. The molecule has 4 saturated heterocycles. The van der Waals surface area contributed by atoms with Crippen LogP contribution in [0.25, 0.3) is 11.4 Å². The predicted octanol–water partition coefficient (Wildman–Crippen LogP) is 0.965. The first-order valence-electron chi connectivity index (χ1n) is 10.0. The molecule has 9 nitrogen and oxygen atoms in total. The number of ether oxygens (including phenoxy) is 1. The summed E-state index contributed by atoms with van der Waals surface area (Å²) < 4.78 is 6.91. The molecule has 29 heavy (non-hydrogen) atoms. The monoisotopic (exact) mass is 393 g/mol. The molecule has 0 N–H and O–H groups in total. The van der Waals surface area contributed by atoms with E-state index in [2.05, 4.69) is 21.1 Å². The molecular formula is C20H23N7O2. The van der Waals surface area contributed by atoms with Crippen LogP contribution in [0, 0.1) is 17.2 Å².